The van der Waals surface area contributed by atoms with Crippen molar-refractivity contribution in [2.45, 2.75) is 18.0 Å². The monoisotopic (exact) mass is 392 g/mol. The van der Waals surface area contributed by atoms with Gasteiger partial charge in [-0.15, -0.1) is 0 Å². The number of halogens is 6. The molecule has 140 valence electrons. The summed E-state index contributed by atoms with van der Waals surface area (Å²) in [5.41, 5.74) is -5.71. The fourth-order valence-corrected chi connectivity index (χ4v) is 2.60. The second-order valence-electron chi connectivity index (χ2n) is 4.76. The molecule has 0 aromatic heterocycles. The predicted octanol–water partition coefficient (Wildman–Crippen LogP) is 3.24. The first-order chi connectivity index (χ1) is 11.1. The Morgan fingerprint density at radius 3 is 1.84 bits per heavy atom. The number of alkyl halides is 6. The second kappa shape index (κ2) is 6.67. The molecule has 0 saturated heterocycles. The van der Waals surface area contributed by atoms with Crippen molar-refractivity contribution in [2.75, 3.05) is 5.75 Å². The van der Waals surface area contributed by atoms with Gasteiger partial charge in [0.15, 0.2) is 0 Å². The number of esters is 1. The van der Waals surface area contributed by atoms with Crippen molar-refractivity contribution < 1.29 is 48.8 Å². The lowest BCUT2D eigenvalue weighted by Gasteiger charge is -2.35. The maximum Gasteiger partial charge on any atom is 0.438 e. The Labute approximate surface area is 137 Å². The molecular formula is C13H10F6O5S. The molecule has 0 aliphatic rings. The molecule has 0 radical (unpaired) electrons. The summed E-state index contributed by atoms with van der Waals surface area (Å²) in [5.74, 6) is -5.00. The first-order valence-electron chi connectivity index (χ1n) is 6.17. The van der Waals surface area contributed by atoms with Crippen LogP contribution in [0, 0.1) is 0 Å². The summed E-state index contributed by atoms with van der Waals surface area (Å²) in [6.45, 7) is 3.36. The Morgan fingerprint density at radius 2 is 1.52 bits per heavy atom. The van der Waals surface area contributed by atoms with Crippen molar-refractivity contribution in [3.8, 4) is 0 Å². The van der Waals surface area contributed by atoms with Gasteiger partial charge in [-0.2, -0.15) is 34.8 Å². The van der Waals surface area contributed by atoms with Crippen LogP contribution in [0.3, 0.4) is 0 Å². The van der Waals surface area contributed by atoms with Crippen LogP contribution < -0.4 is 0 Å². The van der Waals surface area contributed by atoms with Crippen LogP contribution in [0.25, 0.3) is 6.08 Å². The van der Waals surface area contributed by atoms with E-state index < -0.39 is 45.4 Å². The van der Waals surface area contributed by atoms with E-state index in [0.29, 0.717) is 5.56 Å². The second-order valence-corrected chi connectivity index (χ2v) is 6.22. The van der Waals surface area contributed by atoms with Gasteiger partial charge in [0.1, 0.15) is 5.75 Å². The SMILES string of the molecule is C=Cc1ccc(C(=O)OC(CS(=O)(=O)O)(C(F)(F)F)C(F)(F)F)cc1. The average molecular weight is 392 g/mol. The zero-order valence-electron chi connectivity index (χ0n) is 12.1. The van der Waals surface area contributed by atoms with E-state index in [4.69, 9.17) is 4.55 Å². The predicted molar refractivity (Wildman–Crippen MR) is 73.2 cm³/mol. The number of ether oxygens (including phenoxy) is 1. The molecule has 0 atom stereocenters. The van der Waals surface area contributed by atoms with Crippen molar-refractivity contribution in [1.29, 1.82) is 0 Å². The fourth-order valence-electron chi connectivity index (χ4n) is 1.70. The molecule has 5 nitrogen and oxygen atoms in total. The maximum atomic E-state index is 13.0. The maximum absolute atomic E-state index is 13.0. The fraction of sp³-hybridized carbons (Fsp3) is 0.308. The number of carbonyl (C=O) groups is 1. The molecule has 1 aromatic rings. The standard InChI is InChI=1S/C13H10F6O5S/c1-2-8-3-5-9(6-4-8)10(20)24-11(12(14,15)16,13(17,18)19)7-25(21,22)23/h2-6H,1,7H2,(H,21,22,23). The van der Waals surface area contributed by atoms with Gasteiger partial charge >= 0.3 is 23.9 Å². The van der Waals surface area contributed by atoms with E-state index in [9.17, 15) is 39.6 Å². The van der Waals surface area contributed by atoms with E-state index in [1.807, 2.05) is 0 Å². The van der Waals surface area contributed by atoms with Gasteiger partial charge < -0.3 is 4.74 Å². The highest BCUT2D eigenvalue weighted by molar-refractivity contribution is 7.85. The van der Waals surface area contributed by atoms with E-state index in [0.717, 1.165) is 24.3 Å². The van der Waals surface area contributed by atoms with Crippen molar-refractivity contribution in [3.63, 3.8) is 0 Å². The van der Waals surface area contributed by atoms with Crippen LogP contribution in [-0.2, 0) is 14.9 Å². The average Bonchev–Trinajstić information content (AvgIpc) is 2.42. The van der Waals surface area contributed by atoms with Crippen LogP contribution in [0.2, 0.25) is 0 Å². The lowest BCUT2D eigenvalue weighted by Crippen LogP contribution is -2.63. The Hall–Kier alpha value is -2.08. The molecule has 0 spiro atoms. The zero-order valence-corrected chi connectivity index (χ0v) is 12.9. The molecule has 1 rings (SSSR count). The minimum Gasteiger partial charge on any atom is -0.435 e. The Balaban J connectivity index is 3.41. The first kappa shape index (κ1) is 21.0. The third-order valence-corrected chi connectivity index (χ3v) is 3.72. The van der Waals surface area contributed by atoms with Crippen LogP contribution in [0.5, 0.6) is 0 Å². The highest BCUT2D eigenvalue weighted by Gasteiger charge is 2.76. The normalized spacial score (nSPS) is 13.4. The number of carbonyl (C=O) groups excluding carboxylic acids is 1. The van der Waals surface area contributed by atoms with E-state index in [1.165, 1.54) is 6.08 Å². The van der Waals surface area contributed by atoms with E-state index in [1.54, 1.807) is 0 Å². The third kappa shape index (κ3) is 4.72. The summed E-state index contributed by atoms with van der Waals surface area (Å²) in [7, 11) is -5.82. The lowest BCUT2D eigenvalue weighted by molar-refractivity contribution is -0.356. The molecule has 25 heavy (non-hydrogen) atoms. The lowest BCUT2D eigenvalue weighted by atomic mass is 10.0. The molecule has 1 N–H and O–H groups in total. The molecular weight excluding hydrogens is 382 g/mol. The van der Waals surface area contributed by atoms with Gasteiger partial charge in [0.25, 0.3) is 10.1 Å². The number of hydrogen-bond donors (Lipinski definition) is 1. The molecule has 0 aliphatic heterocycles. The van der Waals surface area contributed by atoms with Crippen LogP contribution in [0.1, 0.15) is 15.9 Å². The van der Waals surface area contributed by atoms with Gasteiger partial charge in [-0.25, -0.2) is 4.79 Å². The summed E-state index contributed by atoms with van der Waals surface area (Å²) >= 11 is 0. The van der Waals surface area contributed by atoms with Gasteiger partial charge in [0.2, 0.25) is 0 Å². The minimum absolute atomic E-state index is 0.410. The van der Waals surface area contributed by atoms with Gasteiger partial charge in [-0.3, -0.25) is 4.55 Å². The molecule has 1 aromatic carbocycles. The Morgan fingerprint density at radius 1 is 1.08 bits per heavy atom. The molecule has 0 amide bonds. The topological polar surface area (TPSA) is 80.7 Å². The molecule has 0 heterocycles. The van der Waals surface area contributed by atoms with E-state index in [2.05, 4.69) is 11.3 Å². The van der Waals surface area contributed by atoms with Crippen LogP contribution >= 0.6 is 0 Å². The summed E-state index contributed by atoms with van der Waals surface area (Å²) in [4.78, 5) is 11.7. The number of rotatable bonds is 5. The number of benzene rings is 1. The molecule has 0 saturated carbocycles. The minimum atomic E-state index is -6.36. The van der Waals surface area contributed by atoms with Gasteiger partial charge in [-0.1, -0.05) is 24.8 Å². The number of hydrogen-bond acceptors (Lipinski definition) is 4. The highest BCUT2D eigenvalue weighted by Crippen LogP contribution is 2.47. The molecule has 0 fully saturated rings. The molecule has 0 bridgehead atoms. The van der Waals surface area contributed by atoms with Crippen molar-refractivity contribution in [2.24, 2.45) is 0 Å². The molecule has 12 heteroatoms. The molecule has 0 unspecified atom stereocenters. The summed E-state index contributed by atoms with van der Waals surface area (Å²) in [6, 6.07) is 4.05. The van der Waals surface area contributed by atoms with Crippen molar-refractivity contribution in [1.82, 2.24) is 0 Å². The summed E-state index contributed by atoms with van der Waals surface area (Å²) in [5, 5.41) is 0. The van der Waals surface area contributed by atoms with Crippen LogP contribution in [0.15, 0.2) is 30.8 Å². The van der Waals surface area contributed by atoms with Gasteiger partial charge in [0.05, 0.1) is 5.56 Å². The van der Waals surface area contributed by atoms with Crippen LogP contribution in [0.4, 0.5) is 26.3 Å². The Kier molecular flexibility index (Phi) is 5.59. The zero-order chi connectivity index (χ0) is 19.7. The van der Waals surface area contributed by atoms with Gasteiger partial charge in [-0.05, 0) is 17.7 Å². The van der Waals surface area contributed by atoms with E-state index in [-0.39, 0.29) is 0 Å². The van der Waals surface area contributed by atoms with Gasteiger partial charge in [0, 0.05) is 0 Å². The Bertz CT molecular complexity index is 735. The van der Waals surface area contributed by atoms with Crippen molar-refractivity contribution in [3.05, 3.63) is 42.0 Å². The first-order valence-corrected chi connectivity index (χ1v) is 7.78. The smallest absolute Gasteiger partial charge is 0.435 e. The quantitative estimate of drug-likeness (QED) is 0.473. The highest BCUT2D eigenvalue weighted by atomic mass is 32.2. The van der Waals surface area contributed by atoms with E-state index >= 15 is 0 Å². The van der Waals surface area contributed by atoms with Crippen molar-refractivity contribution >= 4 is 22.2 Å². The summed E-state index contributed by atoms with van der Waals surface area (Å²) < 4.78 is 112. The van der Waals surface area contributed by atoms with Crippen LogP contribution in [-0.4, -0.2) is 42.6 Å². The summed E-state index contributed by atoms with van der Waals surface area (Å²) in [6.07, 6.45) is -11.4. The molecule has 0 aliphatic carbocycles. The largest absolute Gasteiger partial charge is 0.438 e. The third-order valence-electron chi connectivity index (χ3n) is 2.95.